The van der Waals surface area contributed by atoms with Gasteiger partial charge in [-0.2, -0.15) is 0 Å². The number of carbonyl (C=O) groups excluding carboxylic acids is 3. The van der Waals surface area contributed by atoms with Crippen LogP contribution in [-0.2, 0) is 28.6 Å². The molecule has 0 amide bonds. The zero-order chi connectivity index (χ0) is 57.8. The highest BCUT2D eigenvalue weighted by Crippen LogP contribution is 2.19. The van der Waals surface area contributed by atoms with Crippen molar-refractivity contribution in [3.8, 4) is 0 Å². The molecule has 0 aliphatic heterocycles. The van der Waals surface area contributed by atoms with E-state index in [1.165, 1.54) is 315 Å². The van der Waals surface area contributed by atoms with Crippen molar-refractivity contribution in [2.45, 2.75) is 419 Å². The van der Waals surface area contributed by atoms with Crippen molar-refractivity contribution >= 4 is 17.9 Å². The highest BCUT2D eigenvalue weighted by Gasteiger charge is 2.19. The molecule has 1 atom stereocenters. The Kier molecular flexibility index (Phi) is 67.6. The van der Waals surface area contributed by atoms with Gasteiger partial charge in [-0.15, -0.1) is 0 Å². The number of ether oxygens (including phenoxy) is 3. The first kappa shape index (κ1) is 77.9. The summed E-state index contributed by atoms with van der Waals surface area (Å²) in [6, 6.07) is 0. The standard InChI is InChI=1S/C74H140O6/c1-4-7-10-13-16-19-22-25-28-31-33-34-35-36-37-38-39-40-41-44-46-49-52-55-58-61-64-67-73(76)79-70-71(69-78-72(75)66-63-60-57-54-51-48-45-42-30-27-24-21-18-15-12-9-6-3)80-74(77)68-65-62-59-56-53-50-47-43-32-29-26-23-20-17-14-11-8-5-2/h29,31-33,71H,4-28,30,34-70H2,1-3H3/b32-29-,33-31-. The van der Waals surface area contributed by atoms with Crippen LogP contribution in [0.25, 0.3) is 0 Å². The summed E-state index contributed by atoms with van der Waals surface area (Å²) in [6.07, 6.45) is 85.0. The number of esters is 3. The van der Waals surface area contributed by atoms with E-state index in [0.29, 0.717) is 19.3 Å². The Labute approximate surface area is 500 Å². The van der Waals surface area contributed by atoms with Crippen LogP contribution in [0.5, 0.6) is 0 Å². The second kappa shape index (κ2) is 69.4. The summed E-state index contributed by atoms with van der Waals surface area (Å²) in [5.74, 6) is -0.837. The third-order valence-corrected chi connectivity index (χ3v) is 16.7. The Balaban J connectivity index is 4.24. The largest absolute Gasteiger partial charge is 0.462 e. The van der Waals surface area contributed by atoms with E-state index in [2.05, 4.69) is 45.1 Å². The van der Waals surface area contributed by atoms with Gasteiger partial charge in [0.1, 0.15) is 13.2 Å². The van der Waals surface area contributed by atoms with Gasteiger partial charge in [-0.1, -0.05) is 347 Å². The number of allylic oxidation sites excluding steroid dienone is 4. The minimum Gasteiger partial charge on any atom is -0.462 e. The van der Waals surface area contributed by atoms with Crippen LogP contribution in [0.15, 0.2) is 24.3 Å². The quantitative estimate of drug-likeness (QED) is 0.0261. The molecule has 0 rings (SSSR count). The van der Waals surface area contributed by atoms with Crippen molar-refractivity contribution in [2.24, 2.45) is 0 Å². The van der Waals surface area contributed by atoms with E-state index in [0.717, 1.165) is 57.8 Å². The van der Waals surface area contributed by atoms with Crippen LogP contribution < -0.4 is 0 Å². The second-order valence-electron chi connectivity index (χ2n) is 24.9. The molecule has 6 heteroatoms. The Morgan fingerprint density at radius 3 is 0.625 bits per heavy atom. The molecule has 80 heavy (non-hydrogen) atoms. The second-order valence-corrected chi connectivity index (χ2v) is 24.9. The SMILES string of the molecule is CCCCCCCCC/C=C\CCCCCCCCCC(=O)OC(COC(=O)CCCCCCCCCCCCCCCCC/C=C\CCCCCCCCCC)COC(=O)CCCCCCCCCCCCCCCCCCC. The molecule has 0 aromatic rings. The first-order valence-corrected chi connectivity index (χ1v) is 36.3. The first-order chi connectivity index (χ1) is 39.5. The highest BCUT2D eigenvalue weighted by atomic mass is 16.6. The van der Waals surface area contributed by atoms with E-state index in [4.69, 9.17) is 14.2 Å². The molecular formula is C74H140O6. The summed E-state index contributed by atoms with van der Waals surface area (Å²) < 4.78 is 17.0. The fourth-order valence-electron chi connectivity index (χ4n) is 11.2. The normalized spacial score (nSPS) is 12.1. The molecule has 0 N–H and O–H groups in total. The summed E-state index contributed by atoms with van der Waals surface area (Å²) in [7, 11) is 0. The van der Waals surface area contributed by atoms with Gasteiger partial charge >= 0.3 is 17.9 Å². The van der Waals surface area contributed by atoms with E-state index in [-0.39, 0.29) is 31.1 Å². The van der Waals surface area contributed by atoms with Gasteiger partial charge < -0.3 is 14.2 Å². The molecule has 0 radical (unpaired) electrons. The lowest BCUT2D eigenvalue weighted by Gasteiger charge is -2.18. The molecule has 0 aromatic carbocycles. The summed E-state index contributed by atoms with van der Waals surface area (Å²) >= 11 is 0. The average Bonchev–Trinajstić information content (AvgIpc) is 3.46. The molecule has 472 valence electrons. The molecule has 0 aromatic heterocycles. The maximum Gasteiger partial charge on any atom is 0.306 e. The molecule has 6 nitrogen and oxygen atoms in total. The van der Waals surface area contributed by atoms with Gasteiger partial charge in [-0.3, -0.25) is 14.4 Å². The van der Waals surface area contributed by atoms with Crippen LogP contribution in [-0.4, -0.2) is 37.2 Å². The average molecular weight is 1130 g/mol. The molecule has 0 aliphatic carbocycles. The number of carbonyl (C=O) groups is 3. The molecule has 0 saturated heterocycles. The summed E-state index contributed by atoms with van der Waals surface area (Å²) in [5, 5.41) is 0. The third-order valence-electron chi connectivity index (χ3n) is 16.7. The van der Waals surface area contributed by atoms with E-state index in [1.807, 2.05) is 0 Å². The van der Waals surface area contributed by atoms with Crippen molar-refractivity contribution in [1.29, 1.82) is 0 Å². The van der Waals surface area contributed by atoms with E-state index in [9.17, 15) is 14.4 Å². The summed E-state index contributed by atoms with van der Waals surface area (Å²) in [6.45, 7) is 6.72. The third kappa shape index (κ3) is 66.7. The first-order valence-electron chi connectivity index (χ1n) is 36.3. The Morgan fingerprint density at radius 2 is 0.412 bits per heavy atom. The van der Waals surface area contributed by atoms with Crippen LogP contribution >= 0.6 is 0 Å². The maximum absolute atomic E-state index is 13.0. The van der Waals surface area contributed by atoms with Crippen molar-refractivity contribution in [1.82, 2.24) is 0 Å². The fourth-order valence-corrected chi connectivity index (χ4v) is 11.2. The van der Waals surface area contributed by atoms with Gasteiger partial charge in [0.25, 0.3) is 0 Å². The van der Waals surface area contributed by atoms with Crippen LogP contribution in [0.4, 0.5) is 0 Å². The number of rotatable bonds is 68. The minimum atomic E-state index is -0.771. The zero-order valence-corrected chi connectivity index (χ0v) is 54.4. The van der Waals surface area contributed by atoms with E-state index in [1.54, 1.807) is 0 Å². The monoisotopic (exact) mass is 1130 g/mol. The Morgan fingerprint density at radius 1 is 0.237 bits per heavy atom. The lowest BCUT2D eigenvalue weighted by molar-refractivity contribution is -0.167. The summed E-state index contributed by atoms with van der Waals surface area (Å²) in [5.41, 5.74) is 0. The van der Waals surface area contributed by atoms with E-state index < -0.39 is 6.10 Å². The van der Waals surface area contributed by atoms with Crippen molar-refractivity contribution < 1.29 is 28.6 Å². The summed E-state index contributed by atoms with van der Waals surface area (Å²) in [4.78, 5) is 38.5. The lowest BCUT2D eigenvalue weighted by atomic mass is 10.0. The molecule has 0 fully saturated rings. The molecule has 0 saturated carbocycles. The van der Waals surface area contributed by atoms with Gasteiger partial charge in [0.15, 0.2) is 6.10 Å². The number of unbranched alkanes of at least 4 members (excludes halogenated alkanes) is 53. The molecule has 0 aliphatic rings. The Hall–Kier alpha value is -2.11. The number of hydrogen-bond acceptors (Lipinski definition) is 6. The van der Waals surface area contributed by atoms with Gasteiger partial charge in [-0.05, 0) is 70.6 Å². The van der Waals surface area contributed by atoms with Gasteiger partial charge in [0.2, 0.25) is 0 Å². The highest BCUT2D eigenvalue weighted by molar-refractivity contribution is 5.71. The molecule has 1 unspecified atom stereocenters. The maximum atomic E-state index is 13.0. The van der Waals surface area contributed by atoms with E-state index >= 15 is 0 Å². The molecule has 0 bridgehead atoms. The van der Waals surface area contributed by atoms with Crippen LogP contribution in [0, 0.1) is 0 Å². The van der Waals surface area contributed by atoms with Crippen LogP contribution in [0.1, 0.15) is 412 Å². The predicted molar refractivity (Wildman–Crippen MR) is 349 cm³/mol. The molecule has 0 heterocycles. The predicted octanol–water partition coefficient (Wildman–Crippen LogP) is 25.0. The van der Waals surface area contributed by atoms with Crippen LogP contribution in [0.2, 0.25) is 0 Å². The van der Waals surface area contributed by atoms with Gasteiger partial charge in [0, 0.05) is 19.3 Å². The topological polar surface area (TPSA) is 78.9 Å². The smallest absolute Gasteiger partial charge is 0.306 e. The van der Waals surface area contributed by atoms with Crippen molar-refractivity contribution in [3.63, 3.8) is 0 Å². The van der Waals surface area contributed by atoms with Crippen molar-refractivity contribution in [3.05, 3.63) is 24.3 Å². The lowest BCUT2D eigenvalue weighted by Crippen LogP contribution is -2.30. The molecular weight excluding hydrogens is 985 g/mol. The van der Waals surface area contributed by atoms with Gasteiger partial charge in [-0.25, -0.2) is 0 Å². The molecule has 0 spiro atoms. The van der Waals surface area contributed by atoms with Crippen molar-refractivity contribution in [2.75, 3.05) is 13.2 Å². The van der Waals surface area contributed by atoms with Gasteiger partial charge in [0.05, 0.1) is 0 Å². The Bertz CT molecular complexity index is 1290. The minimum absolute atomic E-state index is 0.0666. The number of hydrogen-bond donors (Lipinski definition) is 0. The zero-order valence-electron chi connectivity index (χ0n) is 54.4. The fraction of sp³-hybridized carbons (Fsp3) is 0.905. The van der Waals surface area contributed by atoms with Crippen LogP contribution in [0.3, 0.4) is 0 Å².